The Labute approximate surface area is 149 Å². The van der Waals surface area contributed by atoms with E-state index in [1.807, 2.05) is 25.1 Å². The Hall–Kier alpha value is -2.60. The van der Waals surface area contributed by atoms with Crippen molar-refractivity contribution in [2.24, 2.45) is 0 Å². The number of fused-ring (bicyclic) bond motifs is 1. The molecule has 1 aromatic carbocycles. The molecule has 0 radical (unpaired) electrons. The van der Waals surface area contributed by atoms with Gasteiger partial charge in [-0.2, -0.15) is 0 Å². The first-order chi connectivity index (χ1) is 11.9. The van der Waals surface area contributed by atoms with E-state index in [4.69, 9.17) is 11.6 Å². The van der Waals surface area contributed by atoms with E-state index < -0.39 is 0 Å². The lowest BCUT2D eigenvalue weighted by Crippen LogP contribution is -2.20. The highest BCUT2D eigenvalue weighted by Crippen LogP contribution is 2.29. The summed E-state index contributed by atoms with van der Waals surface area (Å²) in [5, 5.41) is 3.75. The van der Waals surface area contributed by atoms with Gasteiger partial charge >= 0.3 is 0 Å². The number of amides is 1. The van der Waals surface area contributed by atoms with Crippen LogP contribution in [-0.4, -0.2) is 39.0 Å². The Balaban J connectivity index is 1.85. The van der Waals surface area contributed by atoms with Crippen LogP contribution in [0.25, 0.3) is 16.9 Å². The van der Waals surface area contributed by atoms with E-state index in [0.29, 0.717) is 29.3 Å². The minimum absolute atomic E-state index is 0.0425. The molecule has 0 bridgehead atoms. The third kappa shape index (κ3) is 2.62. The monoisotopic (exact) mass is 356 g/mol. The number of aryl methyl sites for hydroxylation is 1. The minimum Gasteiger partial charge on any atom is -0.345 e. The molecule has 4 rings (SSSR count). The van der Waals surface area contributed by atoms with Gasteiger partial charge in [-0.3, -0.25) is 14.7 Å². The summed E-state index contributed by atoms with van der Waals surface area (Å²) in [6.07, 6.45) is 0.393. The van der Waals surface area contributed by atoms with Gasteiger partial charge in [-0.05, 0) is 19.1 Å². The fraction of sp³-hybridized carbons (Fsp3) is 0.278. The number of halogens is 1. The van der Waals surface area contributed by atoms with Gasteiger partial charge in [0.2, 0.25) is 5.91 Å². The second-order valence-electron chi connectivity index (χ2n) is 6.48. The van der Waals surface area contributed by atoms with E-state index in [1.54, 1.807) is 18.0 Å². The molecular weight excluding hydrogens is 340 g/mol. The number of rotatable bonds is 2. The van der Waals surface area contributed by atoms with Gasteiger partial charge in [0, 0.05) is 48.1 Å². The zero-order valence-corrected chi connectivity index (χ0v) is 14.7. The van der Waals surface area contributed by atoms with Gasteiger partial charge in [0.25, 0.3) is 5.56 Å². The number of likely N-dealkylation sites (N-methyl/N-ethyl adjacent to an activating group) is 1. The number of aromatic amines is 1. The van der Waals surface area contributed by atoms with E-state index >= 15 is 0 Å². The molecule has 2 aromatic heterocycles. The number of carbonyl (C=O) groups is 1. The molecule has 1 aliphatic rings. The van der Waals surface area contributed by atoms with Crippen LogP contribution in [0.5, 0.6) is 0 Å². The van der Waals surface area contributed by atoms with E-state index in [9.17, 15) is 9.59 Å². The molecule has 1 N–H and O–H groups in total. The first-order valence-corrected chi connectivity index (χ1v) is 8.44. The highest BCUT2D eigenvalue weighted by Gasteiger charge is 2.30. The van der Waals surface area contributed by atoms with Gasteiger partial charge in [-0.15, -0.1) is 0 Å². The fourth-order valence-corrected chi connectivity index (χ4v) is 3.55. The lowest BCUT2D eigenvalue weighted by molar-refractivity contribution is -0.126. The first kappa shape index (κ1) is 15.9. The van der Waals surface area contributed by atoms with Crippen LogP contribution >= 0.6 is 11.6 Å². The topological polar surface area (TPSA) is 70.5 Å². The summed E-state index contributed by atoms with van der Waals surface area (Å²) in [5.74, 6) is 0.0384. The van der Waals surface area contributed by atoms with E-state index in [2.05, 4.69) is 10.1 Å². The standard InChI is InChI=1S/C18H17ClN4O2/c1-10-17(11-4-3-5-13(19)6-11)21-23-16(25)8-14(20-18(10)23)12-7-15(24)22(2)9-12/h3-6,8,12,21H,7,9H2,1-2H3/t12-/m1/s1. The highest BCUT2D eigenvalue weighted by atomic mass is 35.5. The highest BCUT2D eigenvalue weighted by molar-refractivity contribution is 6.30. The van der Waals surface area contributed by atoms with Crippen molar-refractivity contribution in [2.45, 2.75) is 19.3 Å². The van der Waals surface area contributed by atoms with E-state index in [0.717, 1.165) is 16.8 Å². The molecular formula is C18H17ClN4O2. The quantitative estimate of drug-likeness (QED) is 0.767. The average molecular weight is 357 g/mol. The number of benzene rings is 1. The summed E-state index contributed by atoms with van der Waals surface area (Å²) in [5.41, 5.74) is 3.65. The molecule has 128 valence electrons. The predicted molar refractivity (Wildman–Crippen MR) is 96.0 cm³/mol. The van der Waals surface area contributed by atoms with E-state index in [-0.39, 0.29) is 17.4 Å². The predicted octanol–water partition coefficient (Wildman–Crippen LogP) is 2.60. The lowest BCUT2D eigenvalue weighted by atomic mass is 10.0. The molecule has 0 unspecified atom stereocenters. The molecule has 3 heterocycles. The number of H-pyrrole nitrogens is 1. The van der Waals surface area contributed by atoms with Crippen molar-refractivity contribution in [2.75, 3.05) is 13.6 Å². The van der Waals surface area contributed by atoms with Crippen LogP contribution in [0.2, 0.25) is 5.02 Å². The summed E-state index contributed by atoms with van der Waals surface area (Å²) < 4.78 is 1.44. The van der Waals surface area contributed by atoms with Crippen LogP contribution < -0.4 is 5.56 Å². The maximum Gasteiger partial charge on any atom is 0.272 e. The van der Waals surface area contributed by atoms with Crippen molar-refractivity contribution in [3.63, 3.8) is 0 Å². The first-order valence-electron chi connectivity index (χ1n) is 8.06. The number of likely N-dealkylation sites (tertiary alicyclic amines) is 1. The summed E-state index contributed by atoms with van der Waals surface area (Å²) in [6, 6.07) is 8.96. The van der Waals surface area contributed by atoms with Gasteiger partial charge < -0.3 is 4.90 Å². The van der Waals surface area contributed by atoms with Crippen LogP contribution in [0.3, 0.4) is 0 Å². The molecule has 0 aliphatic carbocycles. The third-order valence-electron chi connectivity index (χ3n) is 4.75. The zero-order chi connectivity index (χ0) is 17.7. The van der Waals surface area contributed by atoms with E-state index in [1.165, 1.54) is 10.6 Å². The van der Waals surface area contributed by atoms with Gasteiger partial charge in [0.15, 0.2) is 5.65 Å². The Bertz CT molecular complexity index is 1050. The van der Waals surface area contributed by atoms with Gasteiger partial charge in [0.05, 0.1) is 11.4 Å². The molecule has 3 aromatic rings. The summed E-state index contributed by atoms with van der Waals surface area (Å²) in [7, 11) is 1.77. The Morgan fingerprint density at radius 2 is 2.08 bits per heavy atom. The summed E-state index contributed by atoms with van der Waals surface area (Å²) >= 11 is 6.08. The second kappa shape index (κ2) is 5.74. The lowest BCUT2D eigenvalue weighted by Gasteiger charge is -2.09. The summed E-state index contributed by atoms with van der Waals surface area (Å²) in [4.78, 5) is 30.7. The number of hydrogen-bond donors (Lipinski definition) is 1. The normalized spacial score (nSPS) is 17.6. The molecule has 1 saturated heterocycles. The Kier molecular flexibility index (Phi) is 3.65. The number of aromatic nitrogens is 3. The van der Waals surface area contributed by atoms with Crippen LogP contribution in [0, 0.1) is 6.92 Å². The molecule has 1 fully saturated rings. The third-order valence-corrected chi connectivity index (χ3v) is 4.98. The fourth-order valence-electron chi connectivity index (χ4n) is 3.36. The molecule has 1 atom stereocenters. The van der Waals surface area contributed by atoms with Crippen molar-refractivity contribution in [1.29, 1.82) is 0 Å². The van der Waals surface area contributed by atoms with Gasteiger partial charge in [-0.1, -0.05) is 23.7 Å². The van der Waals surface area contributed by atoms with Crippen LogP contribution in [0.4, 0.5) is 0 Å². The molecule has 0 spiro atoms. The van der Waals surface area contributed by atoms with Crippen LogP contribution in [-0.2, 0) is 4.79 Å². The Morgan fingerprint density at radius 3 is 2.76 bits per heavy atom. The maximum absolute atomic E-state index is 12.6. The molecule has 25 heavy (non-hydrogen) atoms. The average Bonchev–Trinajstić information content (AvgIpc) is 3.09. The SMILES string of the molecule is Cc1c(-c2cccc(Cl)c2)[nH]n2c(=O)cc([C@@H]3CC(=O)N(C)C3)nc12. The van der Waals surface area contributed by atoms with Gasteiger partial charge in [-0.25, -0.2) is 9.50 Å². The number of nitrogens with one attached hydrogen (secondary N) is 1. The van der Waals surface area contributed by atoms with Gasteiger partial charge in [0.1, 0.15) is 0 Å². The molecule has 1 amide bonds. The number of nitrogens with zero attached hydrogens (tertiary/aromatic N) is 3. The molecule has 7 heteroatoms. The number of hydrogen-bond acceptors (Lipinski definition) is 3. The number of carbonyl (C=O) groups excluding carboxylic acids is 1. The molecule has 1 aliphatic heterocycles. The van der Waals surface area contributed by atoms with Crippen LogP contribution in [0.15, 0.2) is 35.1 Å². The maximum atomic E-state index is 12.6. The second-order valence-corrected chi connectivity index (χ2v) is 6.91. The van der Waals surface area contributed by atoms with Crippen molar-refractivity contribution in [1.82, 2.24) is 19.5 Å². The zero-order valence-electron chi connectivity index (χ0n) is 13.9. The van der Waals surface area contributed by atoms with Crippen LogP contribution in [0.1, 0.15) is 23.6 Å². The van der Waals surface area contributed by atoms with Crippen molar-refractivity contribution < 1.29 is 4.79 Å². The van der Waals surface area contributed by atoms with Crippen molar-refractivity contribution >= 4 is 23.2 Å². The van der Waals surface area contributed by atoms with Crippen molar-refractivity contribution in [3.8, 4) is 11.3 Å². The summed E-state index contributed by atoms with van der Waals surface area (Å²) in [6.45, 7) is 2.51. The molecule has 0 saturated carbocycles. The van der Waals surface area contributed by atoms with Crippen molar-refractivity contribution in [3.05, 3.63) is 57.0 Å². The molecule has 6 nitrogen and oxygen atoms in total. The Morgan fingerprint density at radius 1 is 1.28 bits per heavy atom. The minimum atomic E-state index is -0.182. The largest absolute Gasteiger partial charge is 0.345 e. The smallest absolute Gasteiger partial charge is 0.272 e.